The molecule has 2 atom stereocenters. The van der Waals surface area contributed by atoms with Crippen molar-refractivity contribution in [2.45, 2.75) is 37.6 Å². The predicted molar refractivity (Wildman–Crippen MR) is 98.0 cm³/mol. The van der Waals surface area contributed by atoms with E-state index in [1.54, 1.807) is 12.3 Å². The summed E-state index contributed by atoms with van der Waals surface area (Å²) in [5.41, 5.74) is 0.622. The molecule has 0 aliphatic rings. The van der Waals surface area contributed by atoms with Gasteiger partial charge in [0.1, 0.15) is 0 Å². The second kappa shape index (κ2) is 7.58. The number of halogens is 4. The van der Waals surface area contributed by atoms with Crippen LogP contribution in [-0.2, 0) is 17.0 Å². The molecular weight excluding hydrogens is 415 g/mol. The van der Waals surface area contributed by atoms with Crippen molar-refractivity contribution in [3.63, 3.8) is 0 Å². The van der Waals surface area contributed by atoms with Gasteiger partial charge in [0.2, 0.25) is 0 Å². The minimum atomic E-state index is -4.38. The second-order valence-electron chi connectivity index (χ2n) is 6.67. The van der Waals surface area contributed by atoms with Gasteiger partial charge in [-0.05, 0) is 66.5 Å². The van der Waals surface area contributed by atoms with Crippen LogP contribution < -0.4 is 0 Å². The Morgan fingerprint density at radius 1 is 1.12 bits per heavy atom. The van der Waals surface area contributed by atoms with Crippen LogP contribution in [0.2, 0.25) is 0 Å². The van der Waals surface area contributed by atoms with E-state index in [-0.39, 0.29) is 11.7 Å². The number of alkyl halides is 3. The van der Waals surface area contributed by atoms with Gasteiger partial charge >= 0.3 is 6.18 Å². The Labute approximate surface area is 156 Å². The van der Waals surface area contributed by atoms with E-state index in [1.165, 1.54) is 12.1 Å². The van der Waals surface area contributed by atoms with E-state index in [2.05, 4.69) is 20.9 Å². The average Bonchev–Trinajstić information content (AvgIpc) is 2.51. The summed E-state index contributed by atoms with van der Waals surface area (Å²) in [4.78, 5) is 4.36. The highest BCUT2D eigenvalue weighted by atomic mass is 79.9. The van der Waals surface area contributed by atoms with Crippen LogP contribution in [0.3, 0.4) is 0 Å². The smallest absolute Gasteiger partial charge is 0.259 e. The van der Waals surface area contributed by atoms with Gasteiger partial charge in [-0.15, -0.1) is 0 Å². The molecule has 0 aliphatic carbocycles. The molecule has 0 saturated heterocycles. The molecule has 0 saturated carbocycles. The topological polar surface area (TPSA) is 30.0 Å². The quantitative estimate of drug-likeness (QED) is 0.633. The SMILES string of the molecule is CC(C)(C)[S@](=O)C[C@@H](c1ccc(C(F)(F)F)cc1)c1ncccc1Br. The van der Waals surface area contributed by atoms with E-state index in [1.807, 2.05) is 26.8 Å². The summed E-state index contributed by atoms with van der Waals surface area (Å²) in [7, 11) is -1.18. The van der Waals surface area contributed by atoms with Crippen molar-refractivity contribution in [2.75, 3.05) is 5.75 Å². The van der Waals surface area contributed by atoms with Crippen molar-refractivity contribution in [3.8, 4) is 0 Å². The summed E-state index contributed by atoms with van der Waals surface area (Å²) in [6.45, 7) is 5.63. The molecule has 0 N–H and O–H groups in total. The van der Waals surface area contributed by atoms with Gasteiger partial charge in [-0.1, -0.05) is 12.1 Å². The van der Waals surface area contributed by atoms with E-state index >= 15 is 0 Å². The van der Waals surface area contributed by atoms with Gasteiger partial charge in [-0.3, -0.25) is 9.19 Å². The fraction of sp³-hybridized carbons (Fsp3) is 0.389. The van der Waals surface area contributed by atoms with Gasteiger partial charge in [0.25, 0.3) is 0 Å². The maximum Gasteiger partial charge on any atom is 0.416 e. The van der Waals surface area contributed by atoms with Crippen LogP contribution in [-0.4, -0.2) is 19.7 Å². The fourth-order valence-electron chi connectivity index (χ4n) is 2.29. The first-order chi connectivity index (χ1) is 11.5. The minimum absolute atomic E-state index is 0.282. The zero-order valence-electron chi connectivity index (χ0n) is 14.1. The molecule has 0 unspecified atom stereocenters. The molecule has 0 spiro atoms. The van der Waals surface area contributed by atoms with Crippen molar-refractivity contribution in [1.29, 1.82) is 0 Å². The Morgan fingerprint density at radius 3 is 2.20 bits per heavy atom. The van der Waals surface area contributed by atoms with Gasteiger partial charge in [-0.2, -0.15) is 13.2 Å². The molecular formula is C18H19BrF3NOS. The van der Waals surface area contributed by atoms with Gasteiger partial charge in [0.15, 0.2) is 0 Å². The standard InChI is InChI=1S/C18H19BrF3NOS/c1-17(2,3)25(24)11-14(16-15(19)5-4-10-23-16)12-6-8-13(9-7-12)18(20,21)22/h4-10,14H,11H2,1-3H3/t14-,25+/m0/s1. The third-order valence-corrected chi connectivity index (χ3v) is 6.43. The van der Waals surface area contributed by atoms with Crippen LogP contribution in [0, 0.1) is 0 Å². The molecule has 1 aromatic heterocycles. The summed E-state index contributed by atoms with van der Waals surface area (Å²) in [6.07, 6.45) is -2.76. The zero-order valence-corrected chi connectivity index (χ0v) is 16.5. The van der Waals surface area contributed by atoms with Crippen molar-refractivity contribution >= 4 is 26.7 Å². The zero-order chi connectivity index (χ0) is 18.8. The van der Waals surface area contributed by atoms with Crippen molar-refractivity contribution < 1.29 is 17.4 Å². The van der Waals surface area contributed by atoms with Crippen LogP contribution in [0.25, 0.3) is 0 Å². The predicted octanol–water partition coefficient (Wildman–Crippen LogP) is 5.54. The van der Waals surface area contributed by atoms with E-state index in [0.717, 1.165) is 16.6 Å². The highest BCUT2D eigenvalue weighted by molar-refractivity contribution is 9.10. The lowest BCUT2D eigenvalue weighted by Gasteiger charge is -2.24. The maximum absolute atomic E-state index is 12.8. The van der Waals surface area contributed by atoms with E-state index in [4.69, 9.17) is 0 Å². The Kier molecular flexibility index (Phi) is 6.09. The highest BCUT2D eigenvalue weighted by Gasteiger charge is 2.31. The molecule has 25 heavy (non-hydrogen) atoms. The maximum atomic E-state index is 12.8. The Morgan fingerprint density at radius 2 is 1.72 bits per heavy atom. The van der Waals surface area contributed by atoms with Gasteiger partial charge in [-0.25, -0.2) is 0 Å². The van der Waals surface area contributed by atoms with Crippen LogP contribution in [0.4, 0.5) is 13.2 Å². The number of aromatic nitrogens is 1. The average molecular weight is 434 g/mol. The van der Waals surface area contributed by atoms with Crippen LogP contribution >= 0.6 is 15.9 Å². The van der Waals surface area contributed by atoms with E-state index in [9.17, 15) is 17.4 Å². The van der Waals surface area contributed by atoms with Gasteiger partial charge in [0.05, 0.1) is 11.3 Å². The Hall–Kier alpha value is -1.21. The first kappa shape index (κ1) is 20.1. The molecule has 2 aromatic rings. The molecule has 0 fully saturated rings. The number of nitrogens with zero attached hydrogens (tertiary/aromatic N) is 1. The third kappa shape index (κ3) is 5.14. The van der Waals surface area contributed by atoms with E-state index < -0.39 is 27.3 Å². The largest absolute Gasteiger partial charge is 0.416 e. The summed E-state index contributed by atoms with van der Waals surface area (Å²) >= 11 is 3.44. The molecule has 136 valence electrons. The Balaban J connectivity index is 2.45. The van der Waals surface area contributed by atoms with Crippen LogP contribution in [0.15, 0.2) is 47.1 Å². The number of hydrogen-bond acceptors (Lipinski definition) is 2. The molecule has 7 heteroatoms. The number of rotatable bonds is 4. The van der Waals surface area contributed by atoms with Crippen molar-refractivity contribution in [3.05, 3.63) is 63.9 Å². The molecule has 2 nitrogen and oxygen atoms in total. The third-order valence-electron chi connectivity index (χ3n) is 3.76. The summed E-state index contributed by atoms with van der Waals surface area (Å²) < 4.78 is 51.4. The molecule has 0 bridgehead atoms. The molecule has 0 aliphatic heterocycles. The van der Waals surface area contributed by atoms with Gasteiger partial charge in [0, 0.05) is 37.9 Å². The second-order valence-corrected chi connectivity index (χ2v) is 9.77. The first-order valence-corrected chi connectivity index (χ1v) is 9.77. The minimum Gasteiger partial charge on any atom is -0.259 e. The highest BCUT2D eigenvalue weighted by Crippen LogP contribution is 2.34. The first-order valence-electron chi connectivity index (χ1n) is 7.66. The lowest BCUT2D eigenvalue weighted by Crippen LogP contribution is -2.27. The monoisotopic (exact) mass is 433 g/mol. The summed E-state index contributed by atoms with van der Waals surface area (Å²) in [5, 5.41) is 0. The molecule has 0 radical (unpaired) electrons. The van der Waals surface area contributed by atoms with Gasteiger partial charge < -0.3 is 0 Å². The molecule has 2 rings (SSSR count). The molecule has 1 heterocycles. The lowest BCUT2D eigenvalue weighted by atomic mass is 9.96. The van der Waals surface area contributed by atoms with E-state index in [0.29, 0.717) is 11.3 Å². The summed E-state index contributed by atoms with van der Waals surface area (Å²) in [5.74, 6) is -0.0808. The number of hydrogen-bond donors (Lipinski definition) is 0. The lowest BCUT2D eigenvalue weighted by molar-refractivity contribution is -0.137. The molecule has 0 amide bonds. The molecule has 1 aromatic carbocycles. The number of pyridine rings is 1. The van der Waals surface area contributed by atoms with Crippen molar-refractivity contribution in [2.24, 2.45) is 0 Å². The number of benzene rings is 1. The Bertz CT molecular complexity index is 754. The van der Waals surface area contributed by atoms with Crippen molar-refractivity contribution in [1.82, 2.24) is 4.98 Å². The fourth-order valence-corrected chi connectivity index (χ4v) is 3.98. The van der Waals surface area contributed by atoms with Crippen LogP contribution in [0.1, 0.15) is 43.5 Å². The van der Waals surface area contributed by atoms with Crippen LogP contribution in [0.5, 0.6) is 0 Å². The summed E-state index contributed by atoms with van der Waals surface area (Å²) in [6, 6.07) is 8.57. The normalized spacial score (nSPS) is 15.0.